The molecule has 0 spiro atoms. The molecular formula is C9H21N3O2. The van der Waals surface area contributed by atoms with Crippen molar-refractivity contribution in [3.8, 4) is 0 Å². The van der Waals surface area contributed by atoms with Crippen LogP contribution >= 0.6 is 0 Å². The molecule has 0 fully saturated rings. The van der Waals surface area contributed by atoms with Crippen LogP contribution in [0, 0.1) is 0 Å². The van der Waals surface area contributed by atoms with Crippen molar-refractivity contribution in [2.24, 2.45) is 5.73 Å². The van der Waals surface area contributed by atoms with Gasteiger partial charge < -0.3 is 15.7 Å². The van der Waals surface area contributed by atoms with E-state index in [1.165, 1.54) is 0 Å². The minimum atomic E-state index is -0.847. The zero-order valence-corrected chi connectivity index (χ0v) is 9.23. The van der Waals surface area contributed by atoms with Crippen LogP contribution in [0.3, 0.4) is 0 Å². The molecule has 1 unspecified atom stereocenters. The molecule has 0 aliphatic heterocycles. The first-order valence-corrected chi connectivity index (χ1v) is 4.77. The Morgan fingerprint density at radius 3 is 2.29 bits per heavy atom. The first kappa shape index (κ1) is 13.4. The van der Waals surface area contributed by atoms with Crippen LogP contribution in [-0.2, 0) is 4.79 Å². The van der Waals surface area contributed by atoms with E-state index >= 15 is 0 Å². The number of carbonyl (C=O) groups is 1. The first-order chi connectivity index (χ1) is 6.49. The van der Waals surface area contributed by atoms with Crippen molar-refractivity contribution in [1.82, 2.24) is 9.80 Å². The van der Waals surface area contributed by atoms with E-state index in [1.807, 2.05) is 14.1 Å². The van der Waals surface area contributed by atoms with Gasteiger partial charge in [-0.25, -0.2) is 0 Å². The van der Waals surface area contributed by atoms with Crippen molar-refractivity contribution < 1.29 is 9.90 Å². The lowest BCUT2D eigenvalue weighted by molar-refractivity contribution is -0.142. The zero-order chi connectivity index (χ0) is 11.1. The Hall–Kier alpha value is -0.650. The molecule has 1 atom stereocenters. The van der Waals surface area contributed by atoms with E-state index in [0.29, 0.717) is 0 Å². The lowest BCUT2D eigenvalue weighted by Gasteiger charge is -2.23. The average molecular weight is 203 g/mol. The minimum absolute atomic E-state index is 0.161. The second-order valence-corrected chi connectivity index (χ2v) is 3.73. The van der Waals surface area contributed by atoms with E-state index in [2.05, 4.69) is 4.90 Å². The van der Waals surface area contributed by atoms with Gasteiger partial charge in [0, 0.05) is 6.54 Å². The summed E-state index contributed by atoms with van der Waals surface area (Å²) in [6.07, 6.45) is 0.952. The lowest BCUT2D eigenvalue weighted by atomic mass is 10.2. The molecule has 3 N–H and O–H groups in total. The number of hydrogen-bond donors (Lipinski definition) is 2. The Morgan fingerprint density at radius 1 is 1.36 bits per heavy atom. The van der Waals surface area contributed by atoms with Crippen LogP contribution in [0.25, 0.3) is 0 Å². The lowest BCUT2D eigenvalue weighted by Crippen LogP contribution is -2.44. The largest absolute Gasteiger partial charge is 0.480 e. The molecule has 0 amide bonds. The molecule has 5 nitrogen and oxygen atoms in total. The molecule has 0 aliphatic rings. The molecule has 0 rings (SSSR count). The molecule has 0 aliphatic carbocycles. The summed E-state index contributed by atoms with van der Waals surface area (Å²) < 4.78 is 0. The predicted octanol–water partition coefficient (Wildman–Crippen LogP) is -0.718. The van der Waals surface area contributed by atoms with Crippen LogP contribution in [0.4, 0.5) is 0 Å². The fourth-order valence-electron chi connectivity index (χ4n) is 1.26. The Bertz CT molecular complexity index is 173. The number of nitrogens with two attached hydrogens (primary N) is 1. The summed E-state index contributed by atoms with van der Waals surface area (Å²) in [6, 6.07) is -0.558. The third-order valence-corrected chi connectivity index (χ3v) is 2.16. The summed E-state index contributed by atoms with van der Waals surface area (Å²) in [5, 5.41) is 8.82. The highest BCUT2D eigenvalue weighted by Crippen LogP contribution is 1.97. The van der Waals surface area contributed by atoms with Gasteiger partial charge in [0.2, 0.25) is 0 Å². The summed E-state index contributed by atoms with van der Waals surface area (Å²) in [6.45, 7) is 1.88. The van der Waals surface area contributed by atoms with Gasteiger partial charge in [-0.15, -0.1) is 0 Å². The fourth-order valence-corrected chi connectivity index (χ4v) is 1.26. The maximum Gasteiger partial charge on any atom is 0.322 e. The number of hydrogen-bond acceptors (Lipinski definition) is 4. The van der Waals surface area contributed by atoms with Gasteiger partial charge in [-0.2, -0.15) is 0 Å². The van der Waals surface area contributed by atoms with Crippen molar-refractivity contribution in [3.63, 3.8) is 0 Å². The third kappa shape index (κ3) is 5.16. The van der Waals surface area contributed by atoms with Crippen LogP contribution in [0.5, 0.6) is 0 Å². The van der Waals surface area contributed by atoms with Gasteiger partial charge in [-0.1, -0.05) is 0 Å². The van der Waals surface area contributed by atoms with Crippen LogP contribution in [-0.4, -0.2) is 67.7 Å². The topological polar surface area (TPSA) is 69.8 Å². The fraction of sp³-hybridized carbons (Fsp3) is 0.889. The molecule has 0 radical (unpaired) electrons. The summed E-state index contributed by atoms with van der Waals surface area (Å²) in [7, 11) is 5.79. The standard InChI is InChI=1S/C9H21N3O2/c1-11(2)5-4-6-12(3)8(7-10)9(13)14/h8H,4-7,10H2,1-3H3,(H,13,14). The van der Waals surface area contributed by atoms with E-state index in [-0.39, 0.29) is 6.54 Å². The minimum Gasteiger partial charge on any atom is -0.480 e. The Morgan fingerprint density at radius 2 is 1.93 bits per heavy atom. The van der Waals surface area contributed by atoms with E-state index in [0.717, 1.165) is 19.5 Å². The average Bonchev–Trinajstić information content (AvgIpc) is 2.03. The predicted molar refractivity (Wildman–Crippen MR) is 56.3 cm³/mol. The molecule has 0 bridgehead atoms. The number of rotatable bonds is 7. The summed E-state index contributed by atoms with van der Waals surface area (Å²) >= 11 is 0. The maximum absolute atomic E-state index is 10.7. The number of likely N-dealkylation sites (N-methyl/N-ethyl adjacent to an activating group) is 1. The summed E-state index contributed by atoms with van der Waals surface area (Å²) in [4.78, 5) is 14.6. The Balaban J connectivity index is 3.81. The first-order valence-electron chi connectivity index (χ1n) is 4.77. The second-order valence-electron chi connectivity index (χ2n) is 3.73. The molecular weight excluding hydrogens is 182 g/mol. The number of aliphatic carboxylic acids is 1. The Kier molecular flexibility index (Phi) is 6.44. The maximum atomic E-state index is 10.7. The smallest absolute Gasteiger partial charge is 0.322 e. The number of carboxylic acids is 1. The number of nitrogens with zero attached hydrogens (tertiary/aromatic N) is 2. The number of carboxylic acid groups (broad SMARTS) is 1. The van der Waals surface area contributed by atoms with Gasteiger partial charge in [0.05, 0.1) is 0 Å². The highest BCUT2D eigenvalue weighted by molar-refractivity contribution is 5.73. The molecule has 0 aromatic rings. The van der Waals surface area contributed by atoms with Gasteiger partial charge in [0.25, 0.3) is 0 Å². The van der Waals surface area contributed by atoms with Crippen molar-refractivity contribution >= 4 is 5.97 Å². The van der Waals surface area contributed by atoms with Crippen LogP contribution in [0.15, 0.2) is 0 Å². The second kappa shape index (κ2) is 6.75. The van der Waals surface area contributed by atoms with Crippen LogP contribution in [0.1, 0.15) is 6.42 Å². The van der Waals surface area contributed by atoms with Gasteiger partial charge >= 0.3 is 5.97 Å². The Labute approximate surface area is 85.5 Å². The monoisotopic (exact) mass is 203 g/mol. The van der Waals surface area contributed by atoms with E-state index in [4.69, 9.17) is 10.8 Å². The molecule has 5 heteroatoms. The van der Waals surface area contributed by atoms with Crippen molar-refractivity contribution in [2.75, 3.05) is 40.8 Å². The molecule has 0 aromatic carbocycles. The van der Waals surface area contributed by atoms with Gasteiger partial charge in [-0.05, 0) is 40.7 Å². The van der Waals surface area contributed by atoms with Crippen molar-refractivity contribution in [1.29, 1.82) is 0 Å². The zero-order valence-electron chi connectivity index (χ0n) is 9.23. The van der Waals surface area contributed by atoms with Gasteiger partial charge in [0.15, 0.2) is 0 Å². The molecule has 0 heterocycles. The van der Waals surface area contributed by atoms with E-state index in [1.54, 1.807) is 11.9 Å². The van der Waals surface area contributed by atoms with Crippen molar-refractivity contribution in [3.05, 3.63) is 0 Å². The summed E-state index contributed by atoms with van der Waals surface area (Å²) in [5.74, 6) is -0.847. The molecule has 0 aromatic heterocycles. The highest BCUT2D eigenvalue weighted by atomic mass is 16.4. The highest BCUT2D eigenvalue weighted by Gasteiger charge is 2.19. The SMILES string of the molecule is CN(C)CCCN(C)C(CN)C(=O)O. The molecule has 0 saturated heterocycles. The van der Waals surface area contributed by atoms with Gasteiger partial charge in [0.1, 0.15) is 6.04 Å². The van der Waals surface area contributed by atoms with E-state index < -0.39 is 12.0 Å². The van der Waals surface area contributed by atoms with E-state index in [9.17, 15) is 4.79 Å². The quantitative estimate of drug-likeness (QED) is 0.571. The normalized spacial score (nSPS) is 13.6. The van der Waals surface area contributed by atoms with Crippen LogP contribution in [0.2, 0.25) is 0 Å². The summed E-state index contributed by atoms with van der Waals surface area (Å²) in [5.41, 5.74) is 5.37. The third-order valence-electron chi connectivity index (χ3n) is 2.16. The molecule has 0 saturated carbocycles. The van der Waals surface area contributed by atoms with Crippen LogP contribution < -0.4 is 5.73 Å². The van der Waals surface area contributed by atoms with Gasteiger partial charge in [-0.3, -0.25) is 9.69 Å². The van der Waals surface area contributed by atoms with Crippen molar-refractivity contribution in [2.45, 2.75) is 12.5 Å². The molecule has 14 heavy (non-hydrogen) atoms. The molecule has 84 valence electrons.